The van der Waals surface area contributed by atoms with Crippen LogP contribution in [0.25, 0.3) is 0 Å². The van der Waals surface area contributed by atoms with E-state index in [0.29, 0.717) is 17.9 Å². The van der Waals surface area contributed by atoms with Gasteiger partial charge in [-0.15, -0.1) is 0 Å². The number of carbonyl (C=O) groups excluding carboxylic acids is 1. The van der Waals surface area contributed by atoms with E-state index in [9.17, 15) is 4.79 Å². The molecule has 0 radical (unpaired) electrons. The number of hydrogen-bond acceptors (Lipinski definition) is 4. The Bertz CT molecular complexity index is 870. The van der Waals surface area contributed by atoms with Gasteiger partial charge in [0.05, 0.1) is 17.1 Å². The summed E-state index contributed by atoms with van der Waals surface area (Å²) in [6.07, 6.45) is 3.46. The highest BCUT2D eigenvalue weighted by Crippen LogP contribution is 2.20. The maximum Gasteiger partial charge on any atom is 0.255 e. The molecule has 0 aliphatic rings. The molecule has 0 saturated carbocycles. The van der Waals surface area contributed by atoms with Gasteiger partial charge in [-0.1, -0.05) is 0 Å². The molecular weight excluding hydrogens is 316 g/mol. The second kappa shape index (κ2) is 7.17. The van der Waals surface area contributed by atoms with Crippen LogP contribution in [0.2, 0.25) is 0 Å². The van der Waals surface area contributed by atoms with Crippen LogP contribution in [0.3, 0.4) is 0 Å². The second-order valence-electron chi connectivity index (χ2n) is 5.79. The van der Waals surface area contributed by atoms with Crippen molar-refractivity contribution in [3.8, 4) is 5.75 Å². The number of aromatic nitrogens is 3. The van der Waals surface area contributed by atoms with Gasteiger partial charge in [0.15, 0.2) is 0 Å². The molecule has 0 aliphatic heterocycles. The Labute approximate surface area is 146 Å². The van der Waals surface area contributed by atoms with E-state index >= 15 is 0 Å². The topological polar surface area (TPSA) is 69.0 Å². The van der Waals surface area contributed by atoms with Crippen molar-refractivity contribution in [2.75, 3.05) is 5.32 Å². The highest BCUT2D eigenvalue weighted by molar-refractivity contribution is 6.04. The van der Waals surface area contributed by atoms with Gasteiger partial charge in [0.1, 0.15) is 12.4 Å². The van der Waals surface area contributed by atoms with Crippen molar-refractivity contribution in [2.24, 2.45) is 7.05 Å². The van der Waals surface area contributed by atoms with Crippen molar-refractivity contribution in [3.63, 3.8) is 0 Å². The fourth-order valence-corrected chi connectivity index (χ4v) is 2.49. The first-order valence-electron chi connectivity index (χ1n) is 7.98. The van der Waals surface area contributed by atoms with Gasteiger partial charge in [0.2, 0.25) is 0 Å². The lowest BCUT2D eigenvalue weighted by Crippen LogP contribution is -2.13. The average Bonchev–Trinajstić information content (AvgIpc) is 2.87. The van der Waals surface area contributed by atoms with Gasteiger partial charge in [-0.3, -0.25) is 14.5 Å². The first-order valence-corrected chi connectivity index (χ1v) is 7.98. The van der Waals surface area contributed by atoms with E-state index in [2.05, 4.69) is 15.4 Å². The van der Waals surface area contributed by atoms with Gasteiger partial charge < -0.3 is 10.1 Å². The number of carbonyl (C=O) groups is 1. The fraction of sp³-hybridized carbons (Fsp3) is 0.211. The normalized spacial score (nSPS) is 10.5. The number of nitrogens with one attached hydrogen (secondary N) is 1. The highest BCUT2D eigenvalue weighted by atomic mass is 16.5. The Morgan fingerprint density at radius 2 is 1.80 bits per heavy atom. The maximum atomic E-state index is 12.4. The molecule has 25 heavy (non-hydrogen) atoms. The molecule has 2 aromatic heterocycles. The zero-order valence-corrected chi connectivity index (χ0v) is 14.5. The molecule has 3 aromatic rings. The molecule has 0 spiro atoms. The number of anilines is 1. The van der Waals surface area contributed by atoms with E-state index < -0.39 is 0 Å². The van der Waals surface area contributed by atoms with Gasteiger partial charge in [0.25, 0.3) is 5.91 Å². The third-order valence-corrected chi connectivity index (χ3v) is 4.02. The Kier molecular flexibility index (Phi) is 4.79. The molecular formula is C19H20N4O2. The third-order valence-electron chi connectivity index (χ3n) is 4.02. The Morgan fingerprint density at radius 1 is 1.12 bits per heavy atom. The van der Waals surface area contributed by atoms with E-state index in [1.54, 1.807) is 41.3 Å². The zero-order chi connectivity index (χ0) is 17.8. The van der Waals surface area contributed by atoms with Crippen LogP contribution in [-0.2, 0) is 13.7 Å². The lowest BCUT2D eigenvalue weighted by Gasteiger charge is -2.08. The number of hydrogen-bond donors (Lipinski definition) is 1. The van der Waals surface area contributed by atoms with Crippen LogP contribution in [0.4, 0.5) is 5.69 Å². The molecule has 1 amide bonds. The summed E-state index contributed by atoms with van der Waals surface area (Å²) in [5, 5.41) is 7.22. The first-order chi connectivity index (χ1) is 12.0. The number of amides is 1. The molecule has 0 unspecified atom stereocenters. The molecule has 3 rings (SSSR count). The van der Waals surface area contributed by atoms with Gasteiger partial charge in [-0.2, -0.15) is 5.10 Å². The Morgan fingerprint density at radius 3 is 2.40 bits per heavy atom. The van der Waals surface area contributed by atoms with Crippen LogP contribution in [0.5, 0.6) is 5.75 Å². The number of aryl methyl sites for hydroxylation is 2. The third kappa shape index (κ3) is 3.85. The largest absolute Gasteiger partial charge is 0.489 e. The van der Waals surface area contributed by atoms with Crippen molar-refractivity contribution in [1.82, 2.24) is 14.8 Å². The fourth-order valence-electron chi connectivity index (χ4n) is 2.49. The van der Waals surface area contributed by atoms with Gasteiger partial charge in [0, 0.05) is 25.0 Å². The molecule has 6 heteroatoms. The highest BCUT2D eigenvalue weighted by Gasteiger charge is 2.13. The SMILES string of the molecule is Cc1nn(C)c(C)c1NC(=O)c1ccc(OCc2ccncc2)cc1. The second-order valence-corrected chi connectivity index (χ2v) is 5.79. The van der Waals surface area contributed by atoms with Crippen molar-refractivity contribution in [2.45, 2.75) is 20.5 Å². The minimum absolute atomic E-state index is 0.167. The summed E-state index contributed by atoms with van der Waals surface area (Å²) in [5.41, 5.74) is 4.08. The van der Waals surface area contributed by atoms with Crippen LogP contribution in [0, 0.1) is 13.8 Å². The predicted octanol–water partition coefficient (Wildman–Crippen LogP) is 3.26. The number of benzene rings is 1. The molecule has 6 nitrogen and oxygen atoms in total. The minimum atomic E-state index is -0.167. The van der Waals surface area contributed by atoms with Crippen molar-refractivity contribution in [1.29, 1.82) is 0 Å². The van der Waals surface area contributed by atoms with E-state index in [-0.39, 0.29) is 5.91 Å². The maximum absolute atomic E-state index is 12.4. The molecule has 0 aliphatic carbocycles. The Balaban J connectivity index is 1.64. The quantitative estimate of drug-likeness (QED) is 0.776. The first kappa shape index (κ1) is 16.7. The number of pyridine rings is 1. The van der Waals surface area contributed by atoms with Crippen molar-refractivity contribution in [3.05, 3.63) is 71.3 Å². The molecule has 0 saturated heterocycles. The lowest BCUT2D eigenvalue weighted by atomic mass is 10.2. The smallest absolute Gasteiger partial charge is 0.255 e. The molecule has 0 bridgehead atoms. The zero-order valence-electron chi connectivity index (χ0n) is 14.5. The van der Waals surface area contributed by atoms with Gasteiger partial charge >= 0.3 is 0 Å². The van der Waals surface area contributed by atoms with Crippen LogP contribution in [-0.4, -0.2) is 20.7 Å². The van der Waals surface area contributed by atoms with Crippen LogP contribution >= 0.6 is 0 Å². The predicted molar refractivity (Wildman–Crippen MR) is 95.6 cm³/mol. The summed E-state index contributed by atoms with van der Waals surface area (Å²) in [6, 6.07) is 10.9. The summed E-state index contributed by atoms with van der Waals surface area (Å²) in [7, 11) is 1.85. The van der Waals surface area contributed by atoms with E-state index in [1.807, 2.05) is 33.0 Å². The summed E-state index contributed by atoms with van der Waals surface area (Å²) in [5.74, 6) is 0.544. The van der Waals surface area contributed by atoms with Crippen LogP contribution in [0.15, 0.2) is 48.8 Å². The molecule has 128 valence electrons. The summed E-state index contributed by atoms with van der Waals surface area (Å²) >= 11 is 0. The van der Waals surface area contributed by atoms with Crippen LogP contribution in [0.1, 0.15) is 27.3 Å². The average molecular weight is 336 g/mol. The van der Waals surface area contributed by atoms with E-state index in [4.69, 9.17) is 4.74 Å². The van der Waals surface area contributed by atoms with E-state index in [1.165, 1.54) is 0 Å². The number of rotatable bonds is 5. The molecule has 2 heterocycles. The van der Waals surface area contributed by atoms with Gasteiger partial charge in [-0.25, -0.2) is 0 Å². The van der Waals surface area contributed by atoms with Gasteiger partial charge in [-0.05, 0) is 55.8 Å². The monoisotopic (exact) mass is 336 g/mol. The number of ether oxygens (including phenoxy) is 1. The molecule has 1 N–H and O–H groups in total. The lowest BCUT2D eigenvalue weighted by molar-refractivity contribution is 0.102. The summed E-state index contributed by atoms with van der Waals surface area (Å²) in [6.45, 7) is 4.26. The summed E-state index contributed by atoms with van der Waals surface area (Å²) < 4.78 is 7.46. The summed E-state index contributed by atoms with van der Waals surface area (Å²) in [4.78, 5) is 16.4. The standard InChI is InChI=1S/C19H20N4O2/c1-13-18(14(2)23(3)22-13)21-19(24)16-4-6-17(7-5-16)25-12-15-8-10-20-11-9-15/h4-11H,12H2,1-3H3,(H,21,24). The van der Waals surface area contributed by atoms with E-state index in [0.717, 1.165) is 22.6 Å². The Hall–Kier alpha value is -3.15. The van der Waals surface area contributed by atoms with Crippen LogP contribution < -0.4 is 10.1 Å². The molecule has 0 fully saturated rings. The number of nitrogens with zero attached hydrogens (tertiary/aromatic N) is 3. The molecule has 0 atom stereocenters. The molecule has 1 aromatic carbocycles. The minimum Gasteiger partial charge on any atom is -0.489 e. The van der Waals surface area contributed by atoms with Crippen molar-refractivity contribution >= 4 is 11.6 Å². The van der Waals surface area contributed by atoms with Crippen molar-refractivity contribution < 1.29 is 9.53 Å².